The van der Waals surface area contributed by atoms with Crippen LogP contribution in [0.3, 0.4) is 0 Å². The lowest BCUT2D eigenvalue weighted by molar-refractivity contribution is -0.132. The number of carboxylic acid groups (broad SMARTS) is 1. The molecule has 0 fully saturated rings. The van der Waals surface area contributed by atoms with E-state index in [0.29, 0.717) is 12.1 Å². The molecule has 0 aromatic carbocycles. The molecule has 0 heterocycles. The van der Waals surface area contributed by atoms with Gasteiger partial charge in [0.1, 0.15) is 0 Å². The minimum atomic E-state index is -0.918. The third-order valence-corrected chi connectivity index (χ3v) is 1.60. The van der Waals surface area contributed by atoms with Crippen molar-refractivity contribution in [2.75, 3.05) is 0 Å². The Morgan fingerprint density at radius 1 is 1.55 bits per heavy atom. The summed E-state index contributed by atoms with van der Waals surface area (Å²) in [4.78, 5) is 10.4. The summed E-state index contributed by atoms with van der Waals surface area (Å²) < 4.78 is 0. The fourth-order valence-corrected chi connectivity index (χ4v) is 0.692. The first-order chi connectivity index (χ1) is 5.09. The van der Waals surface area contributed by atoms with Crippen LogP contribution in [-0.4, -0.2) is 11.1 Å². The van der Waals surface area contributed by atoms with E-state index in [9.17, 15) is 4.79 Å². The third-order valence-electron chi connectivity index (χ3n) is 1.60. The number of nitrogens with two attached hydrogens (primary N) is 1. The zero-order chi connectivity index (χ0) is 8.85. The van der Waals surface area contributed by atoms with Crippen LogP contribution >= 0.6 is 0 Å². The van der Waals surface area contributed by atoms with Gasteiger partial charge >= 0.3 is 5.97 Å². The molecule has 0 atom stereocenters. The molecular formula is C8H15NO2. The summed E-state index contributed by atoms with van der Waals surface area (Å²) in [5.41, 5.74) is 6.28. The van der Waals surface area contributed by atoms with E-state index in [-0.39, 0.29) is 5.57 Å². The Balaban J connectivity index is 4.05. The fraction of sp³-hybridized carbons (Fsp3) is 0.625. The summed E-state index contributed by atoms with van der Waals surface area (Å²) >= 11 is 0. The summed E-state index contributed by atoms with van der Waals surface area (Å²) in [7, 11) is 0. The number of carbonyl (C=O) groups is 1. The molecule has 0 aromatic heterocycles. The molecular weight excluding hydrogens is 142 g/mol. The van der Waals surface area contributed by atoms with Crippen molar-refractivity contribution in [3.8, 4) is 0 Å². The van der Waals surface area contributed by atoms with E-state index in [1.165, 1.54) is 6.92 Å². The van der Waals surface area contributed by atoms with E-state index in [0.717, 1.165) is 12.8 Å². The van der Waals surface area contributed by atoms with Crippen molar-refractivity contribution in [1.29, 1.82) is 0 Å². The fourth-order valence-electron chi connectivity index (χ4n) is 0.692. The van der Waals surface area contributed by atoms with E-state index in [1.807, 2.05) is 6.92 Å². The van der Waals surface area contributed by atoms with Crippen molar-refractivity contribution in [3.63, 3.8) is 0 Å². The summed E-state index contributed by atoms with van der Waals surface area (Å²) in [6, 6.07) is 0. The van der Waals surface area contributed by atoms with Gasteiger partial charge in [0.05, 0.1) is 5.57 Å². The minimum Gasteiger partial charge on any atom is -0.478 e. The Hall–Kier alpha value is -0.990. The molecule has 64 valence electrons. The second kappa shape index (κ2) is 4.77. The van der Waals surface area contributed by atoms with Crippen LogP contribution < -0.4 is 5.73 Å². The lowest BCUT2D eigenvalue weighted by Crippen LogP contribution is -2.07. The maximum absolute atomic E-state index is 10.4. The first kappa shape index (κ1) is 10.0. The monoisotopic (exact) mass is 157 g/mol. The molecule has 0 saturated heterocycles. The molecule has 0 unspecified atom stereocenters. The zero-order valence-electron chi connectivity index (χ0n) is 7.05. The van der Waals surface area contributed by atoms with Gasteiger partial charge in [-0.15, -0.1) is 0 Å². The van der Waals surface area contributed by atoms with E-state index < -0.39 is 5.97 Å². The van der Waals surface area contributed by atoms with Crippen LogP contribution in [0.2, 0.25) is 0 Å². The molecule has 3 heteroatoms. The molecule has 0 aliphatic carbocycles. The lowest BCUT2D eigenvalue weighted by atomic mass is 10.1. The molecule has 0 aliphatic heterocycles. The second-order valence-corrected chi connectivity index (χ2v) is 2.56. The topological polar surface area (TPSA) is 63.3 Å². The van der Waals surface area contributed by atoms with Gasteiger partial charge in [-0.2, -0.15) is 0 Å². The number of rotatable bonds is 4. The van der Waals surface area contributed by atoms with Crippen LogP contribution in [-0.2, 0) is 4.79 Å². The van der Waals surface area contributed by atoms with Crippen LogP contribution in [0.1, 0.15) is 33.1 Å². The first-order valence-electron chi connectivity index (χ1n) is 3.78. The van der Waals surface area contributed by atoms with Gasteiger partial charge in [-0.05, 0) is 19.8 Å². The highest BCUT2D eigenvalue weighted by atomic mass is 16.4. The normalized spacial score (nSPS) is 12.5. The van der Waals surface area contributed by atoms with E-state index in [4.69, 9.17) is 10.8 Å². The van der Waals surface area contributed by atoms with Gasteiger partial charge in [0.2, 0.25) is 0 Å². The molecule has 0 aliphatic rings. The molecule has 0 bridgehead atoms. The molecule has 0 radical (unpaired) electrons. The Kier molecular flexibility index (Phi) is 4.34. The number of unbranched alkanes of at least 4 members (excludes halogenated alkanes) is 1. The van der Waals surface area contributed by atoms with Crippen LogP contribution in [0.15, 0.2) is 11.3 Å². The smallest absolute Gasteiger partial charge is 0.333 e. The van der Waals surface area contributed by atoms with Gasteiger partial charge in [0.25, 0.3) is 0 Å². The van der Waals surface area contributed by atoms with Gasteiger partial charge in [0.15, 0.2) is 0 Å². The molecule has 0 rings (SSSR count). The lowest BCUT2D eigenvalue weighted by Gasteiger charge is -2.01. The molecule has 0 saturated carbocycles. The van der Waals surface area contributed by atoms with Gasteiger partial charge in [-0.1, -0.05) is 13.3 Å². The SMILES string of the molecule is CCCCC(N)=C(C)C(=O)O. The summed E-state index contributed by atoms with van der Waals surface area (Å²) in [6.07, 6.45) is 2.68. The number of carboxylic acids is 1. The van der Waals surface area contributed by atoms with E-state index >= 15 is 0 Å². The van der Waals surface area contributed by atoms with Crippen molar-refractivity contribution in [3.05, 3.63) is 11.3 Å². The number of allylic oxidation sites excluding steroid dienone is 1. The number of hydrogen-bond donors (Lipinski definition) is 2. The average molecular weight is 157 g/mol. The van der Waals surface area contributed by atoms with Gasteiger partial charge < -0.3 is 10.8 Å². The standard InChI is InChI=1S/C8H15NO2/c1-3-4-5-7(9)6(2)8(10)11/h3-5,9H2,1-2H3,(H,10,11). The van der Waals surface area contributed by atoms with E-state index in [1.54, 1.807) is 0 Å². The Labute approximate surface area is 66.9 Å². The van der Waals surface area contributed by atoms with E-state index in [2.05, 4.69) is 0 Å². The molecule has 0 amide bonds. The van der Waals surface area contributed by atoms with Crippen molar-refractivity contribution in [1.82, 2.24) is 0 Å². The maximum Gasteiger partial charge on any atom is 0.333 e. The quantitative estimate of drug-likeness (QED) is 0.608. The Morgan fingerprint density at radius 3 is 2.45 bits per heavy atom. The first-order valence-corrected chi connectivity index (χ1v) is 3.78. The second-order valence-electron chi connectivity index (χ2n) is 2.56. The Morgan fingerprint density at radius 2 is 2.09 bits per heavy atom. The van der Waals surface area contributed by atoms with Gasteiger partial charge in [-0.25, -0.2) is 4.79 Å². The van der Waals surface area contributed by atoms with Crippen LogP contribution in [0, 0.1) is 0 Å². The Bertz CT molecular complexity index is 173. The van der Waals surface area contributed by atoms with Crippen molar-refractivity contribution < 1.29 is 9.90 Å². The summed E-state index contributed by atoms with van der Waals surface area (Å²) in [6.45, 7) is 3.58. The van der Waals surface area contributed by atoms with Crippen LogP contribution in [0.4, 0.5) is 0 Å². The number of hydrogen-bond acceptors (Lipinski definition) is 2. The summed E-state index contributed by atoms with van der Waals surface area (Å²) in [5.74, 6) is -0.918. The molecule has 0 spiro atoms. The average Bonchev–Trinajstić information content (AvgIpc) is 1.98. The predicted molar refractivity (Wildman–Crippen MR) is 44.0 cm³/mol. The molecule has 3 nitrogen and oxygen atoms in total. The maximum atomic E-state index is 10.4. The highest BCUT2D eigenvalue weighted by Gasteiger charge is 2.04. The van der Waals surface area contributed by atoms with Gasteiger partial charge in [0, 0.05) is 5.70 Å². The third kappa shape index (κ3) is 3.65. The molecule has 3 N–H and O–H groups in total. The van der Waals surface area contributed by atoms with Crippen molar-refractivity contribution >= 4 is 5.97 Å². The summed E-state index contributed by atoms with van der Waals surface area (Å²) in [5, 5.41) is 8.51. The van der Waals surface area contributed by atoms with Crippen molar-refractivity contribution in [2.24, 2.45) is 5.73 Å². The zero-order valence-corrected chi connectivity index (χ0v) is 7.05. The van der Waals surface area contributed by atoms with Crippen LogP contribution in [0.25, 0.3) is 0 Å². The highest BCUT2D eigenvalue weighted by molar-refractivity contribution is 5.86. The minimum absolute atomic E-state index is 0.276. The number of aliphatic carboxylic acids is 1. The largest absolute Gasteiger partial charge is 0.478 e. The predicted octanol–water partition coefficient (Wildman–Crippen LogP) is 1.49. The van der Waals surface area contributed by atoms with Crippen molar-refractivity contribution in [2.45, 2.75) is 33.1 Å². The molecule has 0 aromatic rings. The molecule has 11 heavy (non-hydrogen) atoms. The van der Waals surface area contributed by atoms with Gasteiger partial charge in [-0.3, -0.25) is 0 Å². The van der Waals surface area contributed by atoms with Crippen LogP contribution in [0.5, 0.6) is 0 Å². The highest BCUT2D eigenvalue weighted by Crippen LogP contribution is 2.06.